The van der Waals surface area contributed by atoms with E-state index in [9.17, 15) is 5.26 Å². The van der Waals surface area contributed by atoms with Crippen LogP contribution in [0.3, 0.4) is 0 Å². The lowest BCUT2D eigenvalue weighted by Crippen LogP contribution is -2.41. The smallest absolute Gasteiger partial charge is 0.224 e. The molecule has 1 aliphatic rings. The second-order valence-corrected chi connectivity index (χ2v) is 7.49. The van der Waals surface area contributed by atoms with E-state index in [1.54, 1.807) is 12.5 Å². The van der Waals surface area contributed by atoms with E-state index in [0.29, 0.717) is 23.9 Å². The molecule has 4 N–H and O–H groups in total. The van der Waals surface area contributed by atoms with Crippen LogP contribution in [0.1, 0.15) is 44.4 Å². The first-order valence-corrected chi connectivity index (χ1v) is 8.99. The van der Waals surface area contributed by atoms with E-state index < -0.39 is 0 Å². The molecule has 0 spiro atoms. The van der Waals surface area contributed by atoms with E-state index in [1.807, 2.05) is 12.1 Å². The monoisotopic (exact) mass is 356 g/mol. The van der Waals surface area contributed by atoms with Crippen LogP contribution < -0.4 is 10.6 Å². The van der Waals surface area contributed by atoms with Crippen LogP contribution >= 0.6 is 0 Å². The molecule has 2 aromatic rings. The second kappa shape index (κ2) is 7.75. The van der Waals surface area contributed by atoms with Crippen molar-refractivity contribution >= 4 is 11.8 Å². The van der Waals surface area contributed by atoms with Gasteiger partial charge in [-0.2, -0.15) is 10.2 Å². The maximum Gasteiger partial charge on any atom is 0.224 e. The van der Waals surface area contributed by atoms with Gasteiger partial charge in [0.25, 0.3) is 0 Å². The molecule has 2 heterocycles. The van der Waals surface area contributed by atoms with Crippen LogP contribution in [0.15, 0.2) is 29.0 Å². The van der Waals surface area contributed by atoms with Crippen LogP contribution in [-0.2, 0) is 6.42 Å². The summed E-state index contributed by atoms with van der Waals surface area (Å²) in [7, 11) is 0. The number of anilines is 2. The first-order chi connectivity index (χ1) is 12.5. The molecule has 138 valence electrons. The summed E-state index contributed by atoms with van der Waals surface area (Å²) in [5.41, 5.74) is 0.396. The molecule has 0 aromatic carbocycles. The molecule has 26 heavy (non-hydrogen) atoms. The molecule has 7 nitrogen and oxygen atoms in total. The molecular weight excluding hydrogens is 330 g/mol. The third-order valence-electron chi connectivity index (χ3n) is 5.00. The Labute approximate surface area is 153 Å². The molecule has 1 fully saturated rings. The minimum atomic E-state index is -0.0418. The van der Waals surface area contributed by atoms with Crippen LogP contribution in [0.2, 0.25) is 0 Å². The summed E-state index contributed by atoms with van der Waals surface area (Å²) in [6, 6.07) is 6.16. The lowest BCUT2D eigenvalue weighted by Gasteiger charge is -2.37. The second-order valence-electron chi connectivity index (χ2n) is 7.49. The minimum Gasteiger partial charge on any atom is -0.469 e. The van der Waals surface area contributed by atoms with Crippen molar-refractivity contribution in [1.82, 2.24) is 9.97 Å². The highest BCUT2D eigenvalue weighted by Crippen LogP contribution is 2.36. The van der Waals surface area contributed by atoms with Crippen LogP contribution in [-0.4, -0.2) is 33.8 Å². The average molecular weight is 356 g/mol. The first-order valence-electron chi connectivity index (χ1n) is 8.99. The maximum absolute atomic E-state index is 9.35. The van der Waals surface area contributed by atoms with Gasteiger partial charge in [0, 0.05) is 30.8 Å². The van der Waals surface area contributed by atoms with E-state index in [4.69, 9.17) is 9.52 Å². The van der Waals surface area contributed by atoms with Gasteiger partial charge in [0.15, 0.2) is 6.10 Å². The SMILES string of the molecule is CC1(C)C[C@H](Nc2nc(NCCc3ccco3)ncc2C#N)CC[C@@H]1[OH2+]. The van der Waals surface area contributed by atoms with Crippen molar-refractivity contribution in [3.8, 4) is 6.07 Å². The van der Waals surface area contributed by atoms with Gasteiger partial charge in [-0.15, -0.1) is 0 Å². The van der Waals surface area contributed by atoms with Gasteiger partial charge in [-0.1, -0.05) is 13.8 Å². The van der Waals surface area contributed by atoms with Crippen LogP contribution in [0.4, 0.5) is 11.8 Å². The topological polar surface area (TPSA) is 110 Å². The average Bonchev–Trinajstić information content (AvgIpc) is 3.12. The van der Waals surface area contributed by atoms with Crippen LogP contribution in [0.5, 0.6) is 0 Å². The van der Waals surface area contributed by atoms with Gasteiger partial charge < -0.3 is 20.2 Å². The lowest BCUT2D eigenvalue weighted by atomic mass is 9.73. The lowest BCUT2D eigenvalue weighted by molar-refractivity contribution is 0.00926. The molecule has 0 unspecified atom stereocenters. The summed E-state index contributed by atoms with van der Waals surface area (Å²) in [4.78, 5) is 8.71. The molecule has 1 saturated carbocycles. The Morgan fingerprint density at radius 3 is 2.96 bits per heavy atom. The van der Waals surface area contributed by atoms with Gasteiger partial charge in [-0.3, -0.25) is 0 Å². The van der Waals surface area contributed by atoms with Gasteiger partial charge in [-0.05, 0) is 25.0 Å². The van der Waals surface area contributed by atoms with Crippen molar-refractivity contribution in [3.05, 3.63) is 35.9 Å². The molecule has 0 amide bonds. The molecule has 3 rings (SSSR count). The van der Waals surface area contributed by atoms with Crippen molar-refractivity contribution in [2.45, 2.75) is 51.7 Å². The highest BCUT2D eigenvalue weighted by atomic mass is 16.3. The standard InChI is InChI=1S/C19H25N5O2/c1-19(2)10-14(5-6-16(19)25)23-17-13(11-20)12-22-18(24-17)21-8-7-15-4-3-9-26-15/h3-4,9,12,14,16,25H,5-8,10H2,1-2H3,(H2,21,22,23,24)/p+1/t14-,16+/m1/s1. The maximum atomic E-state index is 9.35. The summed E-state index contributed by atoms with van der Waals surface area (Å²) in [5, 5.41) is 24.1. The number of nitriles is 1. The van der Waals surface area contributed by atoms with Gasteiger partial charge in [0.1, 0.15) is 23.2 Å². The fourth-order valence-corrected chi connectivity index (χ4v) is 3.37. The van der Waals surface area contributed by atoms with Crippen LogP contribution in [0, 0.1) is 16.7 Å². The summed E-state index contributed by atoms with van der Waals surface area (Å²) in [6.45, 7) is 4.91. The number of rotatable bonds is 6. The molecule has 0 bridgehead atoms. The van der Waals surface area contributed by atoms with Gasteiger partial charge in [0.2, 0.25) is 5.95 Å². The Morgan fingerprint density at radius 1 is 1.42 bits per heavy atom. The van der Waals surface area contributed by atoms with E-state index in [1.165, 1.54) is 0 Å². The van der Waals surface area contributed by atoms with Crippen molar-refractivity contribution in [2.24, 2.45) is 5.41 Å². The normalized spacial score (nSPS) is 21.8. The molecule has 0 saturated heterocycles. The zero-order valence-electron chi connectivity index (χ0n) is 15.2. The molecule has 0 aliphatic heterocycles. The van der Waals surface area contributed by atoms with E-state index >= 15 is 0 Å². The summed E-state index contributed by atoms with van der Waals surface area (Å²) >= 11 is 0. The zero-order valence-corrected chi connectivity index (χ0v) is 15.2. The van der Waals surface area contributed by atoms with E-state index in [0.717, 1.165) is 31.4 Å². The predicted molar refractivity (Wildman–Crippen MR) is 100 cm³/mol. The number of nitrogens with zero attached hydrogens (tertiary/aromatic N) is 3. The Hall–Kier alpha value is -2.59. The highest BCUT2D eigenvalue weighted by Gasteiger charge is 2.39. The third kappa shape index (κ3) is 4.33. The minimum absolute atomic E-state index is 0.0415. The third-order valence-corrected chi connectivity index (χ3v) is 5.00. The number of furan rings is 1. The Morgan fingerprint density at radius 2 is 2.27 bits per heavy atom. The largest absolute Gasteiger partial charge is 0.469 e. The zero-order chi connectivity index (χ0) is 18.6. The quantitative estimate of drug-likeness (QED) is 0.770. The summed E-state index contributed by atoms with van der Waals surface area (Å²) in [5.74, 6) is 1.96. The Kier molecular flexibility index (Phi) is 5.43. The van der Waals surface area contributed by atoms with Crippen molar-refractivity contribution in [1.29, 1.82) is 5.26 Å². The molecular formula is C19H26N5O2+. The van der Waals surface area contributed by atoms with Gasteiger partial charge in [0.05, 0.1) is 12.5 Å². The van der Waals surface area contributed by atoms with Crippen molar-refractivity contribution < 1.29 is 9.52 Å². The molecule has 0 radical (unpaired) electrons. The number of nitrogens with one attached hydrogen (secondary N) is 2. The summed E-state index contributed by atoms with van der Waals surface area (Å²) < 4.78 is 5.31. The summed E-state index contributed by atoms with van der Waals surface area (Å²) in [6.07, 6.45) is 6.55. The fraction of sp³-hybridized carbons (Fsp3) is 0.526. The number of hydrogen-bond acceptors (Lipinski definition) is 6. The highest BCUT2D eigenvalue weighted by molar-refractivity contribution is 5.54. The molecule has 1 aliphatic carbocycles. The first kappa shape index (κ1) is 18.2. The Bertz CT molecular complexity index is 767. The van der Waals surface area contributed by atoms with E-state index in [2.05, 4.69) is 40.5 Å². The van der Waals surface area contributed by atoms with E-state index in [-0.39, 0.29) is 17.6 Å². The van der Waals surface area contributed by atoms with Crippen molar-refractivity contribution in [2.75, 3.05) is 17.2 Å². The molecule has 7 heteroatoms. The number of aromatic nitrogens is 2. The van der Waals surface area contributed by atoms with Gasteiger partial charge >= 0.3 is 0 Å². The van der Waals surface area contributed by atoms with Crippen LogP contribution in [0.25, 0.3) is 0 Å². The Balaban J connectivity index is 1.65. The molecule has 2 atom stereocenters. The fourth-order valence-electron chi connectivity index (χ4n) is 3.37. The molecule has 2 aromatic heterocycles. The van der Waals surface area contributed by atoms with Crippen molar-refractivity contribution in [3.63, 3.8) is 0 Å². The number of hydrogen-bond donors (Lipinski definition) is 2. The van der Waals surface area contributed by atoms with Gasteiger partial charge in [-0.25, -0.2) is 4.98 Å². The predicted octanol–water partition coefficient (Wildman–Crippen LogP) is 2.68.